The van der Waals surface area contributed by atoms with E-state index in [0.29, 0.717) is 17.2 Å². The number of nitrogens with zero attached hydrogens (tertiary/aromatic N) is 4. The Morgan fingerprint density at radius 3 is 2.54 bits per heavy atom. The Morgan fingerprint density at radius 1 is 1.23 bits per heavy atom. The van der Waals surface area contributed by atoms with E-state index in [-0.39, 0.29) is 5.75 Å². The molecular formula is C17H19F2N5O2. The van der Waals surface area contributed by atoms with Crippen LogP contribution in [0.1, 0.15) is 31.1 Å². The van der Waals surface area contributed by atoms with E-state index < -0.39 is 18.3 Å². The second-order valence-electron chi connectivity index (χ2n) is 6.43. The highest BCUT2D eigenvalue weighted by Crippen LogP contribution is 2.31. The summed E-state index contributed by atoms with van der Waals surface area (Å²) in [4.78, 5) is 8.35. The molecule has 0 aliphatic carbocycles. The van der Waals surface area contributed by atoms with Crippen molar-refractivity contribution in [1.82, 2.24) is 19.6 Å². The minimum atomic E-state index is -2.88. The fourth-order valence-corrected chi connectivity index (χ4v) is 2.69. The zero-order valence-electron chi connectivity index (χ0n) is 14.5. The fraction of sp³-hybridized carbons (Fsp3) is 0.353. The molecule has 0 fully saturated rings. The Morgan fingerprint density at radius 2 is 1.92 bits per heavy atom. The molecule has 0 spiro atoms. The Balaban J connectivity index is 1.95. The maximum absolute atomic E-state index is 12.3. The normalized spacial score (nSPS) is 13.2. The number of aromatic nitrogens is 4. The quantitative estimate of drug-likeness (QED) is 0.700. The lowest BCUT2D eigenvalue weighted by molar-refractivity contribution is -0.0498. The van der Waals surface area contributed by atoms with Crippen molar-refractivity contribution in [2.45, 2.75) is 39.0 Å². The minimum absolute atomic E-state index is 0.0525. The van der Waals surface area contributed by atoms with Crippen LogP contribution < -0.4 is 10.1 Å². The summed E-state index contributed by atoms with van der Waals surface area (Å²) in [6, 6.07) is 7.36. The molecule has 2 heterocycles. The Kier molecular flexibility index (Phi) is 4.73. The highest BCUT2D eigenvalue weighted by molar-refractivity contribution is 5.47. The third-order valence-electron chi connectivity index (χ3n) is 3.82. The highest BCUT2D eigenvalue weighted by atomic mass is 19.3. The van der Waals surface area contributed by atoms with Crippen LogP contribution in [-0.2, 0) is 0 Å². The second kappa shape index (κ2) is 6.83. The van der Waals surface area contributed by atoms with Crippen LogP contribution in [-0.4, -0.2) is 36.9 Å². The molecule has 0 saturated carbocycles. The number of hydrogen-bond acceptors (Lipinski definition) is 6. The maximum Gasteiger partial charge on any atom is 0.387 e. The number of aryl methyl sites for hydroxylation is 1. The molecular weight excluding hydrogens is 344 g/mol. The third-order valence-corrected chi connectivity index (χ3v) is 3.82. The highest BCUT2D eigenvalue weighted by Gasteiger charge is 2.29. The summed E-state index contributed by atoms with van der Waals surface area (Å²) in [6.07, 6.45) is 1.39. The minimum Gasteiger partial charge on any atom is -0.435 e. The average molecular weight is 363 g/mol. The van der Waals surface area contributed by atoms with Gasteiger partial charge in [-0.2, -0.15) is 23.4 Å². The van der Waals surface area contributed by atoms with Gasteiger partial charge in [0.25, 0.3) is 5.78 Å². The lowest BCUT2D eigenvalue weighted by Crippen LogP contribution is -2.35. The predicted molar refractivity (Wildman–Crippen MR) is 91.3 cm³/mol. The molecule has 3 aromatic rings. The van der Waals surface area contributed by atoms with Crippen molar-refractivity contribution in [3.8, 4) is 5.75 Å². The Labute approximate surface area is 148 Å². The standard InChI is InChI=1S/C17H19F2N5O2/c1-10-8-13(24-16(22-10)20-9-21-24)23-14(17(2,3)25)11-4-6-12(7-5-11)26-15(18)19/h4-9,14-15,23,25H,1-3H3. The molecule has 26 heavy (non-hydrogen) atoms. The first kappa shape index (κ1) is 18.0. The first-order chi connectivity index (χ1) is 12.2. The topological polar surface area (TPSA) is 84.6 Å². The number of anilines is 1. The second-order valence-corrected chi connectivity index (χ2v) is 6.43. The molecule has 0 aliphatic rings. The molecule has 138 valence electrons. The van der Waals surface area contributed by atoms with Crippen LogP contribution in [0.15, 0.2) is 36.7 Å². The van der Waals surface area contributed by atoms with Gasteiger partial charge in [-0.15, -0.1) is 0 Å². The van der Waals surface area contributed by atoms with E-state index in [1.54, 1.807) is 32.0 Å². The van der Waals surface area contributed by atoms with Gasteiger partial charge in [0.05, 0.1) is 11.6 Å². The molecule has 0 amide bonds. The van der Waals surface area contributed by atoms with Gasteiger partial charge in [0, 0.05) is 11.8 Å². The first-order valence-electron chi connectivity index (χ1n) is 7.95. The summed E-state index contributed by atoms with van der Waals surface area (Å²) in [5, 5.41) is 18.0. The van der Waals surface area contributed by atoms with Crippen molar-refractivity contribution in [2.75, 3.05) is 5.32 Å². The van der Waals surface area contributed by atoms with Gasteiger partial charge in [-0.1, -0.05) is 12.1 Å². The fourth-order valence-electron chi connectivity index (χ4n) is 2.69. The number of nitrogens with one attached hydrogen (secondary N) is 1. The molecule has 0 saturated heterocycles. The van der Waals surface area contributed by atoms with Gasteiger partial charge < -0.3 is 15.2 Å². The van der Waals surface area contributed by atoms with Gasteiger partial charge in [0.1, 0.15) is 17.9 Å². The summed E-state index contributed by atoms with van der Waals surface area (Å²) in [7, 11) is 0. The molecule has 0 aliphatic heterocycles. The largest absolute Gasteiger partial charge is 0.435 e. The summed E-state index contributed by atoms with van der Waals surface area (Å²) in [5.74, 6) is 1.09. The van der Waals surface area contributed by atoms with E-state index in [1.165, 1.54) is 23.0 Å². The molecule has 1 aromatic carbocycles. The third kappa shape index (κ3) is 3.88. The molecule has 2 N–H and O–H groups in total. The van der Waals surface area contributed by atoms with E-state index in [0.717, 1.165) is 5.69 Å². The molecule has 3 rings (SSSR count). The van der Waals surface area contributed by atoms with Gasteiger partial charge in [0.15, 0.2) is 0 Å². The number of halogens is 2. The molecule has 9 heteroatoms. The lowest BCUT2D eigenvalue weighted by Gasteiger charge is -2.31. The van der Waals surface area contributed by atoms with Crippen LogP contribution in [0, 0.1) is 6.92 Å². The van der Waals surface area contributed by atoms with Crippen molar-refractivity contribution < 1.29 is 18.6 Å². The van der Waals surface area contributed by atoms with Gasteiger partial charge in [-0.05, 0) is 38.5 Å². The number of aliphatic hydroxyl groups is 1. The van der Waals surface area contributed by atoms with Crippen molar-refractivity contribution in [1.29, 1.82) is 0 Å². The first-order valence-corrected chi connectivity index (χ1v) is 7.95. The van der Waals surface area contributed by atoms with Gasteiger partial charge in [-0.25, -0.2) is 4.98 Å². The zero-order chi connectivity index (χ0) is 18.9. The van der Waals surface area contributed by atoms with E-state index in [1.807, 2.05) is 6.92 Å². The number of rotatable bonds is 6. The summed E-state index contributed by atoms with van der Waals surface area (Å²) in [5.41, 5.74) is 0.278. The van der Waals surface area contributed by atoms with Crippen LogP contribution >= 0.6 is 0 Å². The predicted octanol–water partition coefficient (Wildman–Crippen LogP) is 2.96. The van der Waals surface area contributed by atoms with Gasteiger partial charge in [-0.3, -0.25) is 0 Å². The summed E-state index contributed by atoms with van der Waals surface area (Å²) >= 11 is 0. The van der Waals surface area contributed by atoms with Crippen LogP contribution in [0.5, 0.6) is 5.75 Å². The van der Waals surface area contributed by atoms with Gasteiger partial charge in [0.2, 0.25) is 0 Å². The molecule has 0 bridgehead atoms. The monoisotopic (exact) mass is 363 g/mol. The van der Waals surface area contributed by atoms with Crippen LogP contribution in [0.4, 0.5) is 14.6 Å². The zero-order valence-corrected chi connectivity index (χ0v) is 14.5. The van der Waals surface area contributed by atoms with Crippen LogP contribution in [0.3, 0.4) is 0 Å². The Bertz CT molecular complexity index is 890. The summed E-state index contributed by atoms with van der Waals surface area (Å²) in [6.45, 7) is 2.25. The van der Waals surface area contributed by atoms with Gasteiger partial charge >= 0.3 is 6.61 Å². The van der Waals surface area contributed by atoms with Crippen molar-refractivity contribution in [2.24, 2.45) is 0 Å². The van der Waals surface area contributed by atoms with Crippen LogP contribution in [0.2, 0.25) is 0 Å². The number of hydrogen-bond donors (Lipinski definition) is 2. The number of alkyl halides is 2. The van der Waals surface area contributed by atoms with E-state index in [4.69, 9.17) is 0 Å². The van der Waals surface area contributed by atoms with E-state index in [2.05, 4.69) is 25.1 Å². The van der Waals surface area contributed by atoms with Crippen LogP contribution in [0.25, 0.3) is 5.78 Å². The van der Waals surface area contributed by atoms with E-state index >= 15 is 0 Å². The average Bonchev–Trinajstić information content (AvgIpc) is 3.00. The molecule has 7 nitrogen and oxygen atoms in total. The maximum atomic E-state index is 12.3. The number of fused-ring (bicyclic) bond motifs is 1. The smallest absolute Gasteiger partial charge is 0.387 e. The number of ether oxygens (including phenoxy) is 1. The summed E-state index contributed by atoms with van der Waals surface area (Å²) < 4.78 is 30.5. The Hall–Kier alpha value is -2.81. The lowest BCUT2D eigenvalue weighted by atomic mass is 9.92. The van der Waals surface area contributed by atoms with Crippen molar-refractivity contribution in [3.63, 3.8) is 0 Å². The van der Waals surface area contributed by atoms with E-state index in [9.17, 15) is 13.9 Å². The molecule has 0 radical (unpaired) electrons. The number of benzene rings is 1. The van der Waals surface area contributed by atoms with Crippen molar-refractivity contribution in [3.05, 3.63) is 47.9 Å². The molecule has 2 aromatic heterocycles. The SMILES string of the molecule is Cc1cc(NC(c2ccc(OC(F)F)cc2)C(C)(C)O)n2ncnc2n1. The molecule has 1 unspecified atom stereocenters. The van der Waals surface area contributed by atoms with Crippen molar-refractivity contribution >= 4 is 11.6 Å². The molecule has 1 atom stereocenters.